The van der Waals surface area contributed by atoms with Gasteiger partial charge in [-0.05, 0) is 22.7 Å². The van der Waals surface area contributed by atoms with Crippen molar-refractivity contribution in [2.45, 2.75) is 71.4 Å². The molecular formula is C16H28ClNO2Si. The Kier molecular flexibility index (Phi) is 6.85. The van der Waals surface area contributed by atoms with E-state index in [-0.39, 0.29) is 6.61 Å². The molecule has 1 aromatic rings. The minimum Gasteiger partial charge on any atom is -0.412 e. The Morgan fingerprint density at radius 1 is 1.14 bits per heavy atom. The van der Waals surface area contributed by atoms with E-state index in [9.17, 15) is 5.11 Å². The molecule has 0 aliphatic carbocycles. The van der Waals surface area contributed by atoms with E-state index in [2.05, 4.69) is 46.5 Å². The first-order valence-electron chi connectivity index (χ1n) is 7.63. The first kappa shape index (κ1) is 18.6. The summed E-state index contributed by atoms with van der Waals surface area (Å²) in [7, 11) is -1.92. The van der Waals surface area contributed by atoms with Gasteiger partial charge in [-0.25, -0.2) is 0 Å². The van der Waals surface area contributed by atoms with E-state index in [0.717, 1.165) is 5.56 Å². The average molecular weight is 330 g/mol. The third-order valence-electron chi connectivity index (χ3n) is 4.36. The SMILES string of the molecule is CC(C)[Si](OCc1cc(Cl)cnc1CO)(C(C)C)C(C)C. The maximum atomic E-state index is 9.42. The number of nitrogens with zero attached hydrogens (tertiary/aromatic N) is 1. The highest BCUT2D eigenvalue weighted by atomic mass is 35.5. The zero-order valence-electron chi connectivity index (χ0n) is 14.0. The summed E-state index contributed by atoms with van der Waals surface area (Å²) >= 11 is 6.02. The second-order valence-corrected chi connectivity index (χ2v) is 12.4. The average Bonchev–Trinajstić information content (AvgIpc) is 2.38. The minimum atomic E-state index is -1.92. The van der Waals surface area contributed by atoms with Crippen molar-refractivity contribution in [3.05, 3.63) is 28.5 Å². The van der Waals surface area contributed by atoms with Crippen molar-refractivity contribution >= 4 is 19.9 Å². The molecule has 1 heterocycles. The lowest BCUT2D eigenvalue weighted by Gasteiger charge is -2.42. The second kappa shape index (κ2) is 7.72. The molecule has 0 unspecified atom stereocenters. The van der Waals surface area contributed by atoms with Gasteiger partial charge in [0.15, 0.2) is 0 Å². The number of hydrogen-bond donors (Lipinski definition) is 1. The third-order valence-corrected chi connectivity index (χ3v) is 10.6. The molecule has 0 radical (unpaired) electrons. The van der Waals surface area contributed by atoms with Gasteiger partial charge in [0, 0.05) is 11.8 Å². The third kappa shape index (κ3) is 4.06. The van der Waals surface area contributed by atoms with Gasteiger partial charge in [-0.3, -0.25) is 4.98 Å². The predicted octanol–water partition coefficient (Wildman–Crippen LogP) is 4.92. The molecule has 0 aliphatic heterocycles. The summed E-state index contributed by atoms with van der Waals surface area (Å²) in [5, 5.41) is 10.00. The monoisotopic (exact) mass is 329 g/mol. The fraction of sp³-hybridized carbons (Fsp3) is 0.688. The van der Waals surface area contributed by atoms with Crippen molar-refractivity contribution in [3.63, 3.8) is 0 Å². The van der Waals surface area contributed by atoms with Gasteiger partial charge in [0.25, 0.3) is 0 Å². The molecule has 0 amide bonds. The lowest BCUT2D eigenvalue weighted by Crippen LogP contribution is -2.47. The molecule has 0 saturated carbocycles. The van der Waals surface area contributed by atoms with Crippen LogP contribution < -0.4 is 0 Å². The van der Waals surface area contributed by atoms with Crippen molar-refractivity contribution in [1.29, 1.82) is 0 Å². The minimum absolute atomic E-state index is 0.0878. The molecule has 0 aromatic carbocycles. The zero-order chi connectivity index (χ0) is 16.2. The molecule has 0 spiro atoms. The molecular weight excluding hydrogens is 302 g/mol. The second-order valence-electron chi connectivity index (χ2n) is 6.52. The lowest BCUT2D eigenvalue weighted by atomic mass is 10.2. The van der Waals surface area contributed by atoms with Gasteiger partial charge in [-0.1, -0.05) is 53.1 Å². The summed E-state index contributed by atoms with van der Waals surface area (Å²) < 4.78 is 6.53. The molecule has 0 bridgehead atoms. The smallest absolute Gasteiger partial charge is 0.200 e. The van der Waals surface area contributed by atoms with Crippen molar-refractivity contribution in [3.8, 4) is 0 Å². The first-order chi connectivity index (χ1) is 9.75. The summed E-state index contributed by atoms with van der Waals surface area (Å²) in [6, 6.07) is 1.85. The molecule has 5 heteroatoms. The van der Waals surface area contributed by atoms with Crippen LogP contribution in [-0.2, 0) is 17.6 Å². The molecule has 3 nitrogen and oxygen atoms in total. The van der Waals surface area contributed by atoms with E-state index < -0.39 is 8.32 Å². The molecule has 1 N–H and O–H groups in total. The molecule has 21 heavy (non-hydrogen) atoms. The Morgan fingerprint density at radius 2 is 1.67 bits per heavy atom. The molecule has 0 fully saturated rings. The summed E-state index contributed by atoms with van der Waals surface area (Å²) in [5.41, 5.74) is 3.13. The zero-order valence-corrected chi connectivity index (χ0v) is 15.7. The van der Waals surface area contributed by atoms with E-state index in [1.165, 1.54) is 0 Å². The fourth-order valence-electron chi connectivity index (χ4n) is 3.48. The van der Waals surface area contributed by atoms with Crippen LogP contribution in [0.15, 0.2) is 12.3 Å². The van der Waals surface area contributed by atoms with Gasteiger partial charge in [-0.15, -0.1) is 0 Å². The number of hydrogen-bond acceptors (Lipinski definition) is 3. The van der Waals surface area contributed by atoms with Crippen LogP contribution in [0, 0.1) is 0 Å². The van der Waals surface area contributed by atoms with Crippen LogP contribution >= 0.6 is 11.6 Å². The Labute approximate surface area is 134 Å². The number of aromatic nitrogens is 1. The Balaban J connectivity index is 3.05. The highest BCUT2D eigenvalue weighted by Crippen LogP contribution is 2.42. The van der Waals surface area contributed by atoms with Gasteiger partial charge < -0.3 is 9.53 Å². The van der Waals surface area contributed by atoms with Crippen LogP contribution in [0.2, 0.25) is 21.6 Å². The Bertz CT molecular complexity index is 442. The summed E-state index contributed by atoms with van der Waals surface area (Å²) in [6.45, 7) is 13.9. The van der Waals surface area contributed by atoms with E-state index in [4.69, 9.17) is 16.0 Å². The highest BCUT2D eigenvalue weighted by molar-refractivity contribution is 6.77. The highest BCUT2D eigenvalue weighted by Gasteiger charge is 2.45. The van der Waals surface area contributed by atoms with Gasteiger partial charge >= 0.3 is 0 Å². The van der Waals surface area contributed by atoms with Crippen LogP contribution in [0.1, 0.15) is 52.8 Å². The molecule has 0 saturated heterocycles. The van der Waals surface area contributed by atoms with Crippen LogP contribution in [0.5, 0.6) is 0 Å². The fourth-order valence-corrected chi connectivity index (χ4v) is 9.07. The quantitative estimate of drug-likeness (QED) is 0.722. The van der Waals surface area contributed by atoms with Crippen LogP contribution in [0.4, 0.5) is 0 Å². The van der Waals surface area contributed by atoms with E-state index in [1.54, 1.807) is 6.20 Å². The molecule has 0 atom stereocenters. The first-order valence-corrected chi connectivity index (χ1v) is 10.2. The van der Waals surface area contributed by atoms with Crippen LogP contribution in [-0.4, -0.2) is 18.4 Å². The molecule has 1 rings (SSSR count). The summed E-state index contributed by atoms with van der Waals surface area (Å²) in [6.07, 6.45) is 1.56. The van der Waals surface area contributed by atoms with Gasteiger partial charge in [-0.2, -0.15) is 0 Å². The van der Waals surface area contributed by atoms with Gasteiger partial charge in [0.05, 0.1) is 23.9 Å². The van der Waals surface area contributed by atoms with Gasteiger partial charge in [0.1, 0.15) is 0 Å². The largest absolute Gasteiger partial charge is 0.412 e. The predicted molar refractivity (Wildman–Crippen MR) is 91.0 cm³/mol. The number of halogens is 1. The maximum Gasteiger partial charge on any atom is 0.200 e. The summed E-state index contributed by atoms with van der Waals surface area (Å²) in [5.74, 6) is 0. The molecule has 120 valence electrons. The van der Waals surface area contributed by atoms with Crippen LogP contribution in [0.3, 0.4) is 0 Å². The number of aliphatic hydroxyl groups excluding tert-OH is 1. The van der Waals surface area contributed by atoms with Crippen molar-refractivity contribution in [2.75, 3.05) is 0 Å². The van der Waals surface area contributed by atoms with Crippen LogP contribution in [0.25, 0.3) is 0 Å². The molecule has 1 aromatic heterocycles. The standard InChI is InChI=1S/C16H28ClNO2Si/c1-11(2)21(12(3)4,13(5)6)20-10-14-7-15(17)8-18-16(14)9-19/h7-8,11-13,19H,9-10H2,1-6H3. The summed E-state index contributed by atoms with van der Waals surface area (Å²) in [4.78, 5) is 4.19. The topological polar surface area (TPSA) is 42.4 Å². The number of aliphatic hydroxyl groups is 1. The van der Waals surface area contributed by atoms with Gasteiger partial charge in [0.2, 0.25) is 8.32 Å². The Morgan fingerprint density at radius 3 is 2.10 bits per heavy atom. The Hall–Kier alpha value is -0.423. The van der Waals surface area contributed by atoms with E-state index >= 15 is 0 Å². The maximum absolute atomic E-state index is 9.42. The number of rotatable bonds is 7. The lowest BCUT2D eigenvalue weighted by molar-refractivity contribution is 0.249. The van der Waals surface area contributed by atoms with Crippen molar-refractivity contribution < 1.29 is 9.53 Å². The normalized spacial score (nSPS) is 12.7. The number of pyridine rings is 1. The van der Waals surface area contributed by atoms with E-state index in [0.29, 0.717) is 33.9 Å². The van der Waals surface area contributed by atoms with Crippen molar-refractivity contribution in [2.24, 2.45) is 0 Å². The van der Waals surface area contributed by atoms with Crippen molar-refractivity contribution in [1.82, 2.24) is 4.98 Å². The molecule has 0 aliphatic rings. The van der Waals surface area contributed by atoms with E-state index in [1.807, 2.05) is 6.07 Å².